The second-order valence-electron chi connectivity index (χ2n) is 7.59. The Kier molecular flexibility index (Phi) is 5.55. The van der Waals surface area contributed by atoms with E-state index in [4.69, 9.17) is 25.5 Å². The number of carbonyl (C=O) groups excluding carboxylic acids is 1. The highest BCUT2D eigenvalue weighted by Crippen LogP contribution is 2.42. The number of aromatic nitrogens is 1. The van der Waals surface area contributed by atoms with Crippen LogP contribution in [0.15, 0.2) is 82.7 Å². The lowest BCUT2D eigenvalue weighted by molar-refractivity contribution is 0.0970. The van der Waals surface area contributed by atoms with Gasteiger partial charge in [0.2, 0.25) is 5.76 Å². The fraction of sp³-hybridized carbons (Fsp3) is 0.115. The summed E-state index contributed by atoms with van der Waals surface area (Å²) in [6, 6.07) is 14.6. The van der Waals surface area contributed by atoms with E-state index in [1.54, 1.807) is 60.7 Å². The van der Waals surface area contributed by atoms with Gasteiger partial charge in [0.1, 0.15) is 18.0 Å². The smallest absolute Gasteiger partial charge is 0.296 e. The number of carbonyl (C=O) groups is 1. The third kappa shape index (κ3) is 3.50. The highest BCUT2D eigenvalue weighted by Gasteiger charge is 2.44. The molecule has 0 spiro atoms. The van der Waals surface area contributed by atoms with Gasteiger partial charge >= 0.3 is 0 Å². The largest absolute Gasteiger partial charge is 0.493 e. The number of para-hydroxylation sites is 1. The van der Waals surface area contributed by atoms with Gasteiger partial charge in [-0.3, -0.25) is 14.5 Å². The van der Waals surface area contributed by atoms with Crippen molar-refractivity contribution in [2.45, 2.75) is 6.04 Å². The molecule has 170 valence electrons. The molecule has 3 heterocycles. The lowest BCUT2D eigenvalue weighted by atomic mass is 9.98. The molecule has 2 aromatic carbocycles. The monoisotopic (exact) mass is 474 g/mol. The van der Waals surface area contributed by atoms with E-state index in [1.165, 1.54) is 18.2 Å². The number of methoxy groups -OCH3 is 1. The maximum atomic E-state index is 13.6. The predicted molar refractivity (Wildman–Crippen MR) is 129 cm³/mol. The summed E-state index contributed by atoms with van der Waals surface area (Å²) in [5.41, 5.74) is 0.934. The van der Waals surface area contributed by atoms with E-state index in [2.05, 4.69) is 11.6 Å². The second-order valence-corrected chi connectivity index (χ2v) is 8.03. The van der Waals surface area contributed by atoms with Crippen LogP contribution in [0.2, 0.25) is 5.02 Å². The molecule has 0 radical (unpaired) electrons. The van der Waals surface area contributed by atoms with Crippen LogP contribution < -0.4 is 19.8 Å². The normalized spacial score (nSPS) is 14.8. The van der Waals surface area contributed by atoms with Crippen LogP contribution in [0.5, 0.6) is 11.5 Å². The van der Waals surface area contributed by atoms with Gasteiger partial charge in [-0.15, -0.1) is 0 Å². The van der Waals surface area contributed by atoms with Crippen LogP contribution in [-0.2, 0) is 0 Å². The van der Waals surface area contributed by atoms with Gasteiger partial charge in [-0.2, -0.15) is 0 Å². The number of benzene rings is 2. The second kappa shape index (κ2) is 8.68. The molecule has 0 saturated carbocycles. The maximum Gasteiger partial charge on any atom is 0.296 e. The zero-order chi connectivity index (χ0) is 23.8. The number of nitrogens with zero attached hydrogens (tertiary/aromatic N) is 2. The molecule has 5 rings (SSSR count). The van der Waals surface area contributed by atoms with Gasteiger partial charge in [-0.1, -0.05) is 42.5 Å². The molecule has 0 bridgehead atoms. The number of ether oxygens (including phenoxy) is 2. The minimum atomic E-state index is -0.792. The SMILES string of the molecule is C=CCOc1ccc([C@@H]2c3c(oc4ccccc4c3=O)C(=O)N2c2ccc(Cl)cn2)cc1OC. The van der Waals surface area contributed by atoms with Crippen molar-refractivity contribution in [2.75, 3.05) is 18.6 Å². The molecule has 7 nitrogen and oxygen atoms in total. The predicted octanol–water partition coefficient (Wildman–Crippen LogP) is 5.16. The lowest BCUT2D eigenvalue weighted by Crippen LogP contribution is -2.30. The number of pyridine rings is 1. The molecule has 2 aromatic heterocycles. The number of fused-ring (bicyclic) bond motifs is 2. The standard InChI is InChI=1S/C26H19ClN2O5/c1-3-12-33-19-10-8-15(13-20(19)32-2)23-22-24(30)17-6-4-5-7-18(17)34-25(22)26(31)29(23)21-11-9-16(27)14-28-21/h3-11,13-14,23H,1,12H2,2H3/t23-/m1/s1. The van der Waals surface area contributed by atoms with Gasteiger partial charge in [0.05, 0.1) is 29.1 Å². The summed E-state index contributed by atoms with van der Waals surface area (Å²) >= 11 is 6.02. The minimum absolute atomic E-state index is 0.0172. The van der Waals surface area contributed by atoms with Crippen LogP contribution in [0, 0.1) is 0 Å². The lowest BCUT2D eigenvalue weighted by Gasteiger charge is -2.25. The van der Waals surface area contributed by atoms with Crippen LogP contribution in [0.3, 0.4) is 0 Å². The van der Waals surface area contributed by atoms with Gasteiger partial charge in [0.15, 0.2) is 16.9 Å². The fourth-order valence-electron chi connectivity index (χ4n) is 4.10. The third-order valence-electron chi connectivity index (χ3n) is 5.60. The molecule has 1 aliphatic rings. The summed E-state index contributed by atoms with van der Waals surface area (Å²) < 4.78 is 17.1. The summed E-state index contributed by atoms with van der Waals surface area (Å²) in [5.74, 6) is 0.812. The van der Waals surface area contributed by atoms with E-state index in [0.29, 0.717) is 45.5 Å². The summed E-state index contributed by atoms with van der Waals surface area (Å²) in [7, 11) is 1.52. The molecule has 0 aliphatic carbocycles. The van der Waals surface area contributed by atoms with Crippen LogP contribution in [0.4, 0.5) is 5.82 Å². The Morgan fingerprint density at radius 2 is 1.97 bits per heavy atom. The van der Waals surface area contributed by atoms with Crippen molar-refractivity contribution in [3.8, 4) is 11.5 Å². The van der Waals surface area contributed by atoms with Gasteiger partial charge in [-0.05, 0) is 42.0 Å². The van der Waals surface area contributed by atoms with E-state index in [9.17, 15) is 9.59 Å². The molecule has 0 saturated heterocycles. The first-order valence-electron chi connectivity index (χ1n) is 10.5. The van der Waals surface area contributed by atoms with Gasteiger partial charge in [0, 0.05) is 6.20 Å². The molecule has 4 aromatic rings. The first-order valence-corrected chi connectivity index (χ1v) is 10.8. The quantitative estimate of drug-likeness (QED) is 0.359. The van der Waals surface area contributed by atoms with Crippen molar-refractivity contribution in [2.24, 2.45) is 0 Å². The zero-order valence-electron chi connectivity index (χ0n) is 18.2. The average Bonchev–Trinajstić information content (AvgIpc) is 3.15. The topological polar surface area (TPSA) is 81.9 Å². The summed E-state index contributed by atoms with van der Waals surface area (Å²) in [6.07, 6.45) is 3.08. The van der Waals surface area contributed by atoms with Crippen LogP contribution in [0.1, 0.15) is 27.7 Å². The van der Waals surface area contributed by atoms with Crippen molar-refractivity contribution >= 4 is 34.3 Å². The summed E-state index contributed by atoms with van der Waals surface area (Å²) in [4.78, 5) is 32.9. The van der Waals surface area contributed by atoms with Crippen LogP contribution in [-0.4, -0.2) is 24.6 Å². The van der Waals surface area contributed by atoms with Crippen LogP contribution >= 0.6 is 11.6 Å². The third-order valence-corrected chi connectivity index (χ3v) is 5.82. The van der Waals surface area contributed by atoms with Crippen molar-refractivity contribution in [3.05, 3.63) is 106 Å². The fourth-order valence-corrected chi connectivity index (χ4v) is 4.22. The number of amides is 1. The highest BCUT2D eigenvalue weighted by molar-refractivity contribution is 6.30. The Bertz CT molecular complexity index is 1480. The summed E-state index contributed by atoms with van der Waals surface area (Å²) in [6.45, 7) is 3.96. The first-order chi connectivity index (χ1) is 16.5. The number of halogens is 1. The molecule has 34 heavy (non-hydrogen) atoms. The van der Waals surface area contributed by atoms with E-state index < -0.39 is 11.9 Å². The number of hydrogen-bond donors (Lipinski definition) is 0. The van der Waals surface area contributed by atoms with Crippen molar-refractivity contribution in [3.63, 3.8) is 0 Å². The Morgan fingerprint density at radius 1 is 1.15 bits per heavy atom. The van der Waals surface area contributed by atoms with E-state index >= 15 is 0 Å². The molecule has 8 heteroatoms. The molecule has 1 atom stereocenters. The number of anilines is 1. The minimum Gasteiger partial charge on any atom is -0.493 e. The maximum absolute atomic E-state index is 13.6. The molecule has 0 N–H and O–H groups in total. The first kappa shape index (κ1) is 21.7. The Hall–Kier alpha value is -4.10. The van der Waals surface area contributed by atoms with Gasteiger partial charge in [-0.25, -0.2) is 4.98 Å². The Labute approximate surface area is 199 Å². The van der Waals surface area contributed by atoms with Crippen molar-refractivity contribution < 1.29 is 18.7 Å². The Morgan fingerprint density at radius 3 is 2.71 bits per heavy atom. The average molecular weight is 475 g/mol. The van der Waals surface area contributed by atoms with E-state index in [0.717, 1.165) is 0 Å². The molecule has 1 aliphatic heterocycles. The van der Waals surface area contributed by atoms with E-state index in [1.807, 2.05) is 0 Å². The molecule has 0 fully saturated rings. The number of rotatable bonds is 6. The molecular formula is C26H19ClN2O5. The molecule has 1 amide bonds. The Balaban J connectivity index is 1.75. The zero-order valence-corrected chi connectivity index (χ0v) is 18.9. The highest BCUT2D eigenvalue weighted by atomic mass is 35.5. The molecular weight excluding hydrogens is 456 g/mol. The summed E-state index contributed by atoms with van der Waals surface area (Å²) in [5, 5.41) is 0.817. The van der Waals surface area contributed by atoms with Crippen LogP contribution in [0.25, 0.3) is 11.0 Å². The van der Waals surface area contributed by atoms with E-state index in [-0.39, 0.29) is 16.8 Å². The van der Waals surface area contributed by atoms with Crippen molar-refractivity contribution in [1.82, 2.24) is 4.98 Å². The van der Waals surface area contributed by atoms with Crippen molar-refractivity contribution in [1.29, 1.82) is 0 Å². The number of hydrogen-bond acceptors (Lipinski definition) is 6. The molecule has 0 unspecified atom stereocenters. The van der Waals surface area contributed by atoms with Gasteiger partial charge < -0.3 is 13.9 Å². The van der Waals surface area contributed by atoms with Gasteiger partial charge in [0.25, 0.3) is 5.91 Å².